The Hall–Kier alpha value is -2.41. The number of carbonyl (C=O) groups excluding carboxylic acids is 2. The number of benzene rings is 1. The Morgan fingerprint density at radius 1 is 1.29 bits per heavy atom. The third-order valence-electron chi connectivity index (χ3n) is 2.39. The van der Waals surface area contributed by atoms with Crippen LogP contribution in [0.3, 0.4) is 0 Å². The Balaban J connectivity index is 2.50. The summed E-state index contributed by atoms with van der Waals surface area (Å²) in [7, 11) is 1.51. The Morgan fingerprint density at radius 3 is 2.76 bits per heavy atom. The molecule has 0 aromatic heterocycles. The summed E-state index contributed by atoms with van der Waals surface area (Å²) in [5.41, 5.74) is 2.86. The van der Waals surface area contributed by atoms with Gasteiger partial charge in [-0.2, -0.15) is 5.10 Å². The van der Waals surface area contributed by atoms with Crippen LogP contribution in [0.5, 0.6) is 5.75 Å². The summed E-state index contributed by atoms with van der Waals surface area (Å²) in [6.45, 7) is 3.00. The van der Waals surface area contributed by atoms with E-state index in [1.807, 2.05) is 19.1 Å². The summed E-state index contributed by atoms with van der Waals surface area (Å²) >= 11 is 0. The SMILES string of the molecule is CCOc1ccccc1/C=N\NC(=O)C(=O)NCCOC. The van der Waals surface area contributed by atoms with Crippen molar-refractivity contribution in [2.24, 2.45) is 5.10 Å². The molecule has 1 aromatic rings. The van der Waals surface area contributed by atoms with Crippen molar-refractivity contribution >= 4 is 18.0 Å². The van der Waals surface area contributed by atoms with Gasteiger partial charge in [0, 0.05) is 19.2 Å². The van der Waals surface area contributed by atoms with Crippen molar-refractivity contribution in [2.75, 3.05) is 26.9 Å². The summed E-state index contributed by atoms with van der Waals surface area (Å²) in [5.74, 6) is -0.943. The molecular weight excluding hydrogens is 274 g/mol. The Labute approximate surface area is 123 Å². The molecule has 7 heteroatoms. The summed E-state index contributed by atoms with van der Waals surface area (Å²) in [5, 5.41) is 6.13. The van der Waals surface area contributed by atoms with Crippen molar-refractivity contribution in [1.29, 1.82) is 0 Å². The average molecular weight is 293 g/mol. The molecule has 0 spiro atoms. The van der Waals surface area contributed by atoms with E-state index < -0.39 is 11.8 Å². The first-order valence-corrected chi connectivity index (χ1v) is 6.51. The fourth-order valence-electron chi connectivity index (χ4n) is 1.43. The first-order chi connectivity index (χ1) is 10.2. The molecule has 1 aromatic carbocycles. The Bertz CT molecular complexity index is 503. The molecule has 0 atom stereocenters. The van der Waals surface area contributed by atoms with Gasteiger partial charge in [-0.25, -0.2) is 5.43 Å². The van der Waals surface area contributed by atoms with E-state index in [1.54, 1.807) is 12.1 Å². The van der Waals surface area contributed by atoms with Crippen molar-refractivity contribution in [1.82, 2.24) is 10.7 Å². The summed E-state index contributed by atoms with van der Waals surface area (Å²) in [4.78, 5) is 22.8. The van der Waals surface area contributed by atoms with E-state index in [1.165, 1.54) is 13.3 Å². The van der Waals surface area contributed by atoms with Crippen LogP contribution in [-0.2, 0) is 14.3 Å². The minimum absolute atomic E-state index is 0.264. The molecule has 7 nitrogen and oxygen atoms in total. The van der Waals surface area contributed by atoms with Crippen LogP contribution in [0.15, 0.2) is 29.4 Å². The van der Waals surface area contributed by atoms with Gasteiger partial charge in [0.1, 0.15) is 5.75 Å². The van der Waals surface area contributed by atoms with E-state index in [4.69, 9.17) is 9.47 Å². The lowest BCUT2D eigenvalue weighted by atomic mass is 10.2. The van der Waals surface area contributed by atoms with E-state index in [2.05, 4.69) is 15.8 Å². The van der Waals surface area contributed by atoms with E-state index in [0.717, 1.165) is 0 Å². The maximum atomic E-state index is 11.4. The molecule has 21 heavy (non-hydrogen) atoms. The van der Waals surface area contributed by atoms with E-state index in [-0.39, 0.29) is 6.54 Å². The van der Waals surface area contributed by atoms with Gasteiger partial charge in [-0.1, -0.05) is 12.1 Å². The lowest BCUT2D eigenvalue weighted by Gasteiger charge is -2.06. The zero-order chi connectivity index (χ0) is 15.5. The normalized spacial score (nSPS) is 10.4. The molecule has 0 heterocycles. The number of hydrazone groups is 1. The van der Waals surface area contributed by atoms with Crippen LogP contribution in [0.25, 0.3) is 0 Å². The molecule has 0 saturated heterocycles. The number of ether oxygens (including phenoxy) is 2. The van der Waals surface area contributed by atoms with Crippen LogP contribution in [0.4, 0.5) is 0 Å². The summed E-state index contributed by atoms with van der Waals surface area (Å²) in [6.07, 6.45) is 1.42. The third-order valence-corrected chi connectivity index (χ3v) is 2.39. The van der Waals surface area contributed by atoms with Gasteiger partial charge < -0.3 is 14.8 Å². The number of methoxy groups -OCH3 is 1. The van der Waals surface area contributed by atoms with Gasteiger partial charge >= 0.3 is 11.8 Å². The monoisotopic (exact) mass is 293 g/mol. The predicted octanol–water partition coefficient (Wildman–Crippen LogP) is 0.298. The second-order valence-electron chi connectivity index (χ2n) is 3.92. The molecule has 0 radical (unpaired) electrons. The fourth-order valence-corrected chi connectivity index (χ4v) is 1.43. The molecule has 2 N–H and O–H groups in total. The highest BCUT2D eigenvalue weighted by atomic mass is 16.5. The number of nitrogens with one attached hydrogen (secondary N) is 2. The first-order valence-electron chi connectivity index (χ1n) is 6.51. The number of rotatable bonds is 7. The number of carbonyl (C=O) groups is 2. The molecule has 114 valence electrons. The smallest absolute Gasteiger partial charge is 0.329 e. The van der Waals surface area contributed by atoms with Crippen molar-refractivity contribution in [3.8, 4) is 5.75 Å². The number of para-hydroxylation sites is 1. The highest BCUT2D eigenvalue weighted by molar-refractivity contribution is 6.35. The van der Waals surface area contributed by atoms with Crippen LogP contribution in [-0.4, -0.2) is 44.9 Å². The van der Waals surface area contributed by atoms with Gasteiger partial charge in [0.2, 0.25) is 0 Å². The molecule has 0 aliphatic heterocycles. The van der Waals surface area contributed by atoms with Crippen LogP contribution < -0.4 is 15.5 Å². The van der Waals surface area contributed by atoms with Crippen molar-refractivity contribution < 1.29 is 19.1 Å². The van der Waals surface area contributed by atoms with Crippen molar-refractivity contribution in [3.05, 3.63) is 29.8 Å². The van der Waals surface area contributed by atoms with Crippen LogP contribution in [0.2, 0.25) is 0 Å². The standard InChI is InChI=1S/C14H19N3O4/c1-3-21-12-7-5-4-6-11(12)10-16-17-14(19)13(18)15-8-9-20-2/h4-7,10H,3,8-9H2,1-2H3,(H,15,18)(H,17,19)/b16-10-. The Kier molecular flexibility index (Phi) is 7.52. The van der Waals surface area contributed by atoms with E-state index in [9.17, 15) is 9.59 Å². The van der Waals surface area contributed by atoms with Gasteiger partial charge in [-0.15, -0.1) is 0 Å². The summed E-state index contributed by atoms with van der Waals surface area (Å²) in [6, 6.07) is 7.25. The molecule has 1 rings (SSSR count). The zero-order valence-corrected chi connectivity index (χ0v) is 12.1. The quantitative estimate of drug-likeness (QED) is 0.327. The fraction of sp³-hybridized carbons (Fsp3) is 0.357. The van der Waals surface area contributed by atoms with E-state index >= 15 is 0 Å². The van der Waals surface area contributed by atoms with Gasteiger partial charge in [0.15, 0.2) is 0 Å². The molecule has 0 fully saturated rings. The molecule has 2 amide bonds. The predicted molar refractivity (Wildman–Crippen MR) is 78.2 cm³/mol. The van der Waals surface area contributed by atoms with Gasteiger partial charge in [0.25, 0.3) is 0 Å². The van der Waals surface area contributed by atoms with Crippen molar-refractivity contribution in [3.63, 3.8) is 0 Å². The highest BCUT2D eigenvalue weighted by Crippen LogP contribution is 2.15. The largest absolute Gasteiger partial charge is 0.493 e. The van der Waals surface area contributed by atoms with Gasteiger partial charge in [-0.3, -0.25) is 9.59 Å². The second kappa shape index (κ2) is 9.49. The van der Waals surface area contributed by atoms with Crippen LogP contribution in [0, 0.1) is 0 Å². The zero-order valence-electron chi connectivity index (χ0n) is 12.1. The minimum atomic E-state index is -0.837. The van der Waals surface area contributed by atoms with Crippen LogP contribution >= 0.6 is 0 Å². The van der Waals surface area contributed by atoms with Crippen molar-refractivity contribution in [2.45, 2.75) is 6.92 Å². The topological polar surface area (TPSA) is 89.0 Å². The minimum Gasteiger partial charge on any atom is -0.493 e. The Morgan fingerprint density at radius 2 is 2.05 bits per heavy atom. The molecule has 0 aliphatic carbocycles. The maximum Gasteiger partial charge on any atom is 0.329 e. The average Bonchev–Trinajstić information content (AvgIpc) is 2.49. The molecule has 0 unspecified atom stereocenters. The number of hydrogen-bond acceptors (Lipinski definition) is 5. The molecular formula is C14H19N3O4. The molecule has 0 saturated carbocycles. The summed E-state index contributed by atoms with van der Waals surface area (Å²) < 4.78 is 10.2. The molecule has 0 aliphatic rings. The lowest BCUT2D eigenvalue weighted by Crippen LogP contribution is -2.39. The van der Waals surface area contributed by atoms with Gasteiger partial charge in [-0.05, 0) is 19.1 Å². The number of amides is 2. The third kappa shape index (κ3) is 6.05. The number of hydrogen-bond donors (Lipinski definition) is 2. The van der Waals surface area contributed by atoms with Crippen LogP contribution in [0.1, 0.15) is 12.5 Å². The second-order valence-corrected chi connectivity index (χ2v) is 3.92. The van der Waals surface area contributed by atoms with Gasteiger partial charge in [0.05, 0.1) is 19.4 Å². The maximum absolute atomic E-state index is 11.4. The first kappa shape index (κ1) is 16.6. The number of nitrogens with zero attached hydrogens (tertiary/aromatic N) is 1. The van der Waals surface area contributed by atoms with E-state index in [0.29, 0.717) is 24.5 Å². The molecule has 0 bridgehead atoms. The lowest BCUT2D eigenvalue weighted by molar-refractivity contribution is -0.139. The highest BCUT2D eigenvalue weighted by Gasteiger charge is 2.11.